The highest BCUT2D eigenvalue weighted by Crippen LogP contribution is 2.43. The molecular formula is C24H25B2F2N5O8. The van der Waals surface area contributed by atoms with Crippen LogP contribution in [0, 0.1) is 11.6 Å². The van der Waals surface area contributed by atoms with Crippen LogP contribution in [0.5, 0.6) is 11.5 Å². The summed E-state index contributed by atoms with van der Waals surface area (Å²) in [6, 6.07) is 1.43. The minimum Gasteiger partial charge on any atom is -0.446 e. The maximum Gasteiger partial charge on any atom is 0.329 e. The van der Waals surface area contributed by atoms with Crippen molar-refractivity contribution in [3.63, 3.8) is 0 Å². The van der Waals surface area contributed by atoms with E-state index in [4.69, 9.17) is 20.4 Å². The second-order valence-electron chi connectivity index (χ2n) is 9.56. The van der Waals surface area contributed by atoms with Crippen LogP contribution in [0.15, 0.2) is 18.3 Å². The molecule has 0 atom stereocenters. The lowest BCUT2D eigenvalue weighted by Gasteiger charge is -2.37. The molecule has 1 aromatic carbocycles. The number of carbonyl (C=O) groups is 1. The van der Waals surface area contributed by atoms with Gasteiger partial charge in [-0.3, -0.25) is 14.7 Å². The van der Waals surface area contributed by atoms with Gasteiger partial charge in [0, 0.05) is 55.1 Å². The largest absolute Gasteiger partial charge is 0.446 e. The molecule has 0 bridgehead atoms. The van der Waals surface area contributed by atoms with Gasteiger partial charge in [-0.1, -0.05) is 0 Å². The number of urea groups is 1. The van der Waals surface area contributed by atoms with Crippen molar-refractivity contribution in [3.8, 4) is 11.5 Å². The summed E-state index contributed by atoms with van der Waals surface area (Å²) in [5.41, 5.74) is 1.23. The molecule has 0 spiro atoms. The second-order valence-corrected chi connectivity index (χ2v) is 9.56. The highest BCUT2D eigenvalue weighted by molar-refractivity contribution is 6.13. The van der Waals surface area contributed by atoms with Gasteiger partial charge >= 0.3 is 6.03 Å². The molecule has 5 rings (SSSR count). The average molecular weight is 571 g/mol. The van der Waals surface area contributed by atoms with E-state index in [1.807, 2.05) is 6.07 Å². The monoisotopic (exact) mass is 571 g/mol. The number of nitrogens with zero attached hydrogens (tertiary/aromatic N) is 4. The van der Waals surface area contributed by atoms with Crippen molar-refractivity contribution in [1.29, 1.82) is 0 Å². The number of pyridine rings is 1. The van der Waals surface area contributed by atoms with Crippen molar-refractivity contribution < 1.29 is 48.2 Å². The number of halogens is 2. The summed E-state index contributed by atoms with van der Waals surface area (Å²) in [5, 5.41) is 38.4. The minimum atomic E-state index is -3.43. The molecule has 13 nitrogen and oxygen atoms in total. The summed E-state index contributed by atoms with van der Waals surface area (Å²) < 4.78 is 45.7. The highest BCUT2D eigenvalue weighted by Gasteiger charge is 2.38. The molecule has 2 amide bonds. The van der Waals surface area contributed by atoms with E-state index in [9.17, 15) is 25.2 Å². The molecule has 17 heteroatoms. The van der Waals surface area contributed by atoms with Gasteiger partial charge in [0.15, 0.2) is 23.1 Å². The molecule has 5 N–H and O–H groups in total. The first-order valence-electron chi connectivity index (χ1n) is 12.5. The van der Waals surface area contributed by atoms with Crippen LogP contribution in [0.3, 0.4) is 0 Å². The van der Waals surface area contributed by atoms with Crippen molar-refractivity contribution >= 4 is 44.1 Å². The van der Waals surface area contributed by atoms with Crippen LogP contribution in [0.4, 0.5) is 25.0 Å². The third kappa shape index (κ3) is 5.95. The number of aromatic nitrogens is 2. The molecule has 1 fully saturated rings. The Morgan fingerprint density at radius 1 is 1.05 bits per heavy atom. The Morgan fingerprint density at radius 2 is 1.66 bits per heavy atom. The fraction of sp³-hybridized carbons (Fsp3) is 0.417. The average Bonchev–Trinajstić information content (AvgIpc) is 3.29. The van der Waals surface area contributed by atoms with Crippen LogP contribution >= 0.6 is 0 Å². The van der Waals surface area contributed by atoms with E-state index in [1.54, 1.807) is 6.92 Å². The van der Waals surface area contributed by atoms with Gasteiger partial charge in [-0.25, -0.2) is 18.6 Å². The van der Waals surface area contributed by atoms with Gasteiger partial charge < -0.3 is 39.6 Å². The van der Waals surface area contributed by atoms with Gasteiger partial charge in [0.25, 0.3) is 11.7 Å². The van der Waals surface area contributed by atoms with Crippen LogP contribution in [-0.4, -0.2) is 102 Å². The molecule has 1 saturated heterocycles. The summed E-state index contributed by atoms with van der Waals surface area (Å²) in [4.78, 5) is 25.6. The van der Waals surface area contributed by atoms with E-state index in [0.717, 1.165) is 18.8 Å². The number of hydrogen-bond acceptors (Lipinski definition) is 10. The van der Waals surface area contributed by atoms with Crippen LogP contribution in [0.25, 0.3) is 11.0 Å². The predicted molar refractivity (Wildman–Crippen MR) is 140 cm³/mol. The van der Waals surface area contributed by atoms with Gasteiger partial charge in [0.1, 0.15) is 11.3 Å². The number of ether oxygens (including phenoxy) is 3. The first kappa shape index (κ1) is 29.0. The lowest BCUT2D eigenvalue weighted by atomic mass is 10.1. The zero-order chi connectivity index (χ0) is 29.7. The zero-order valence-corrected chi connectivity index (χ0v) is 21.8. The van der Waals surface area contributed by atoms with Crippen LogP contribution in [-0.2, 0) is 17.8 Å². The number of amides is 2. The van der Waals surface area contributed by atoms with Crippen molar-refractivity contribution in [3.05, 3.63) is 41.2 Å². The molecule has 0 aliphatic carbocycles. The predicted octanol–water partition coefficient (Wildman–Crippen LogP) is -0.0738. The zero-order valence-electron chi connectivity index (χ0n) is 21.8. The number of hydrogen-bond donors (Lipinski definition) is 5. The molecule has 3 aromatic rings. The number of carbonyl (C=O) groups excluding carboxylic acids is 1. The van der Waals surface area contributed by atoms with E-state index >= 15 is 8.78 Å². The number of benzene rings is 1. The molecule has 41 heavy (non-hydrogen) atoms. The summed E-state index contributed by atoms with van der Waals surface area (Å²) in [5.74, 6) is -12.2. The number of nitrogens with one attached hydrogen (secondary N) is 1. The molecular weight excluding hydrogens is 546 g/mol. The number of aliphatic hydroxyl groups is 4. The Kier molecular flexibility index (Phi) is 7.61. The Bertz CT molecular complexity index is 1430. The van der Waals surface area contributed by atoms with Crippen LogP contribution in [0.2, 0.25) is 0 Å². The summed E-state index contributed by atoms with van der Waals surface area (Å²) in [6.07, 6.45) is 1.46. The smallest absolute Gasteiger partial charge is 0.329 e. The number of morpholine rings is 1. The molecule has 2 aliphatic heterocycles. The van der Waals surface area contributed by atoms with Gasteiger partial charge in [-0.15, -0.1) is 0 Å². The normalized spacial score (nSPS) is 16.8. The fourth-order valence-electron chi connectivity index (χ4n) is 4.91. The standard InChI is InChI=1S/C24H25B2F2N5O8/c1-2-32-19-12(9-29-21-14(19)7-13(30-21)11-31-3-5-39-6-4-31)10-33(22(32)34)20-17(27)15(40-23(25,35)36)8-16(18(20)28)41-24(26,37)38/h7-9,35-38H,2-6,10-11H2,1H3,(H,29,30). The number of anilines is 2. The second kappa shape index (κ2) is 10.7. The van der Waals surface area contributed by atoms with E-state index in [0.29, 0.717) is 53.0 Å². The summed E-state index contributed by atoms with van der Waals surface area (Å²) >= 11 is 0. The van der Waals surface area contributed by atoms with Gasteiger partial charge in [-0.2, -0.15) is 0 Å². The summed E-state index contributed by atoms with van der Waals surface area (Å²) in [6.45, 7) is 4.75. The molecule has 4 radical (unpaired) electrons. The van der Waals surface area contributed by atoms with Crippen molar-refractivity contribution in [2.24, 2.45) is 0 Å². The molecule has 0 saturated carbocycles. The fourth-order valence-corrected chi connectivity index (χ4v) is 4.91. The number of fused-ring (bicyclic) bond motifs is 3. The van der Waals surface area contributed by atoms with E-state index in [2.05, 4.69) is 24.3 Å². The third-order valence-corrected chi connectivity index (χ3v) is 6.54. The lowest BCUT2D eigenvalue weighted by Crippen LogP contribution is -2.48. The molecule has 2 aliphatic rings. The molecule has 0 unspecified atom stereocenters. The maximum atomic E-state index is 15.6. The van der Waals surface area contributed by atoms with Crippen molar-refractivity contribution in [2.75, 3.05) is 42.6 Å². The quantitative estimate of drug-likeness (QED) is 0.183. The van der Waals surface area contributed by atoms with Crippen molar-refractivity contribution in [1.82, 2.24) is 14.9 Å². The Morgan fingerprint density at radius 3 is 2.22 bits per heavy atom. The molecule has 4 heterocycles. The van der Waals surface area contributed by atoms with Gasteiger partial charge in [0.05, 0.1) is 25.4 Å². The van der Waals surface area contributed by atoms with E-state index < -0.39 is 46.6 Å². The first-order valence-corrected chi connectivity index (χ1v) is 12.5. The third-order valence-electron chi connectivity index (χ3n) is 6.54. The highest BCUT2D eigenvalue weighted by atomic mass is 19.1. The van der Waals surface area contributed by atoms with Crippen molar-refractivity contribution in [2.45, 2.75) is 31.8 Å². The lowest BCUT2D eigenvalue weighted by molar-refractivity contribution is -0.227. The SMILES string of the molecule is [B]C(O)(O)Oc1cc(OC([B])(O)O)c(F)c(N2Cc3cnc4[nH]c(CN5CCOCC5)cc4c3N(CC)C2=O)c1F. The summed E-state index contributed by atoms with van der Waals surface area (Å²) in [7, 11) is 9.97. The Balaban J connectivity index is 1.58. The van der Waals surface area contributed by atoms with Gasteiger partial charge in [0.2, 0.25) is 15.7 Å². The topological polar surface area (TPSA) is 164 Å². The van der Waals surface area contributed by atoms with Gasteiger partial charge in [-0.05, 0) is 13.0 Å². The Hall–Kier alpha value is -3.47. The van der Waals surface area contributed by atoms with Crippen LogP contribution in [0.1, 0.15) is 18.2 Å². The molecule has 2 aromatic heterocycles. The number of aromatic amines is 1. The molecule has 214 valence electrons. The Labute approximate surface area is 234 Å². The minimum absolute atomic E-state index is 0.0899. The van der Waals surface area contributed by atoms with E-state index in [-0.39, 0.29) is 13.1 Å². The van der Waals surface area contributed by atoms with Crippen LogP contribution < -0.4 is 19.3 Å². The maximum absolute atomic E-state index is 15.6. The number of rotatable bonds is 8. The number of H-pyrrole nitrogens is 1. The van der Waals surface area contributed by atoms with E-state index in [1.165, 1.54) is 11.1 Å². The first-order chi connectivity index (χ1) is 19.3.